The monoisotopic (exact) mass is 1990 g/mol. The van der Waals surface area contributed by atoms with Crippen LogP contribution in [0, 0.1) is 11.3 Å². The Bertz CT molecular complexity index is 4480. The number of hydrazine groups is 1. The van der Waals surface area contributed by atoms with Gasteiger partial charge in [-0.1, -0.05) is 38.1 Å². The second kappa shape index (κ2) is 65.6. The van der Waals surface area contributed by atoms with E-state index in [2.05, 4.69) is 69.1 Å². The molecular weight excluding hydrogens is 1860 g/mol. The lowest BCUT2D eigenvalue weighted by Crippen LogP contribution is -2.62. The summed E-state index contributed by atoms with van der Waals surface area (Å²) in [7, 11) is 0. The normalized spacial score (nSPS) is 14.5. The summed E-state index contributed by atoms with van der Waals surface area (Å²) < 4.78 is 0. The van der Waals surface area contributed by atoms with E-state index in [1.807, 2.05) is 21.4 Å². The Morgan fingerprint density at radius 1 is 0.300 bits per heavy atom. The zero-order valence-electron chi connectivity index (χ0n) is 77.4. The second-order valence-corrected chi connectivity index (χ2v) is 32.9. The third kappa shape index (κ3) is 47.7. The summed E-state index contributed by atoms with van der Waals surface area (Å²) in [5.74, 6) is -24.3. The number of aliphatic carboxylic acids is 5. The van der Waals surface area contributed by atoms with Gasteiger partial charge in [-0.3, -0.25) is 107 Å². The van der Waals surface area contributed by atoms with Crippen molar-refractivity contribution in [3.05, 3.63) is 59.7 Å². The molecular formula is C84H135N25O31. The van der Waals surface area contributed by atoms with Gasteiger partial charge in [-0.15, -0.1) is 0 Å². The molecule has 0 aliphatic carbocycles. The molecule has 16 atom stereocenters. The van der Waals surface area contributed by atoms with E-state index in [1.165, 1.54) is 48.5 Å². The number of guanidine groups is 1. The van der Waals surface area contributed by atoms with Gasteiger partial charge >= 0.3 is 29.8 Å². The number of primary amides is 1. The molecule has 140 heavy (non-hydrogen) atoms. The zero-order valence-corrected chi connectivity index (χ0v) is 77.4. The van der Waals surface area contributed by atoms with Gasteiger partial charge < -0.3 is 171 Å². The van der Waals surface area contributed by atoms with Gasteiger partial charge in [0.1, 0.15) is 108 Å². The van der Waals surface area contributed by atoms with Crippen LogP contribution < -0.4 is 131 Å². The van der Waals surface area contributed by atoms with Crippen molar-refractivity contribution in [1.82, 2.24) is 90.5 Å². The minimum Gasteiger partial charge on any atom is -0.508 e. The molecule has 42 N–H and O–H groups in total. The molecule has 56 nitrogen and oxygen atoms in total. The number of aliphatic hydroxyl groups is 3. The minimum atomic E-state index is -2.34. The number of amides is 16. The first-order chi connectivity index (χ1) is 66.2. The zero-order chi connectivity index (χ0) is 105. The van der Waals surface area contributed by atoms with Gasteiger partial charge in [0.25, 0.3) is 0 Å². The van der Waals surface area contributed by atoms with E-state index in [0.717, 1.165) is 0 Å². The standard InChI is InChI=1S/C84H135N25O31/c1-42(2)32-53(74(130)99-52(25-26-64(116)117)73(129)95-47(12-3-7-27-85)68(124)94-48(13-4-8-28-86)70(126)101-54(33-43-17-21-45(113)22-18-43)75(131)98-51(16-11-31-93-84(90)91)72(128)108-62(41-112)83(139)140)100-69(125)49(14-5-9-29-87)97-77(133)56(35-63(89)115)103-81(137)60(39-110)107-82(138)61(40-111)106-79(135)58(37-66(120)121)105-78(134)57(36-65(118)119)104-71(127)50(15-6-10-30-88)96-76(132)55(34-44-19-23-46(114)24-20-44)102-80(136)59(109-92)38-67(122)123/h17-24,42,47-62,109-114H,3-16,25-41,85-88,92H2,1-2H3,(H2,89,115)(H,94,124)(H,95,129)(H,96,132)(H,97,133)(H,98,131)(H,99,130)(H,100,125)(H,101,126)(H,102,136)(H,103,137)(H,104,127)(H,105,134)(H,106,135)(H,107,138)(H,108,128)(H,116,117)(H,118,119)(H,120,121)(H,122,123)(H,139,140)(H4,90,91,93)/t47?,48-,49-,50-,51-,52-,53?,54?,55?,56?,57?,58-,59-,60-,61?,62?/m0/s1. The average Bonchev–Trinajstić information content (AvgIpc) is 0.848. The highest BCUT2D eigenvalue weighted by atomic mass is 16.4. The molecule has 0 spiro atoms. The van der Waals surface area contributed by atoms with Gasteiger partial charge in [-0.25, -0.2) is 10.2 Å². The fourth-order valence-electron chi connectivity index (χ4n) is 13.5. The number of aromatic hydroxyl groups is 2. The number of benzene rings is 2. The van der Waals surface area contributed by atoms with Crippen molar-refractivity contribution in [1.29, 1.82) is 5.41 Å². The SMILES string of the molecule is CC(C)CC(NC(=O)[C@H](CCCCN)NC(=O)C(CC(N)=O)NC(=O)[C@H](CO)NC(=O)C(CO)NC(=O)[C@H](CC(=O)O)NC(=O)C(CC(=O)O)NC(=O)[C@H](CCCCN)NC(=O)C(Cc1ccc(O)cc1)NC(=O)[C@H](CC(=O)O)NN)C(=O)N[C@@H](CCC(=O)O)C(=O)NC(CCCCN)C(=O)N[C@@H](CCCCN)C(=O)NC(Cc1ccc(O)cc1)C(=O)N[C@@H](CCCNC(=N)N)C(=O)NC(CO)C(=O)O. The number of carbonyl (C=O) groups excluding carboxylic acids is 16. The molecule has 0 aliphatic heterocycles. The Balaban J connectivity index is 2.56. The Hall–Kier alpha value is -14.2. The molecule has 0 fully saturated rings. The van der Waals surface area contributed by atoms with Gasteiger partial charge in [0.05, 0.1) is 45.5 Å². The van der Waals surface area contributed by atoms with E-state index in [-0.39, 0.29) is 153 Å². The number of carboxylic acid groups (broad SMARTS) is 5. The summed E-state index contributed by atoms with van der Waals surface area (Å²) in [6, 6.07) is -19.1. The molecule has 16 amide bonds. The lowest BCUT2D eigenvalue weighted by molar-refractivity contribution is -0.144. The molecule has 0 heterocycles. The molecule has 0 saturated heterocycles. The average molecular weight is 1990 g/mol. The van der Waals surface area contributed by atoms with Gasteiger partial charge in [-0.2, -0.15) is 0 Å². The number of hydrogen-bond donors (Lipinski definition) is 35. The van der Waals surface area contributed by atoms with Gasteiger partial charge in [-0.05, 0) is 170 Å². The van der Waals surface area contributed by atoms with E-state index in [0.29, 0.717) is 11.1 Å². The summed E-state index contributed by atoms with van der Waals surface area (Å²) in [6.07, 6.45) is -7.11. The summed E-state index contributed by atoms with van der Waals surface area (Å²) in [6.45, 7) is -0.473. The van der Waals surface area contributed by atoms with E-state index < -0.39 is 291 Å². The molecule has 0 bridgehead atoms. The number of phenols is 2. The summed E-state index contributed by atoms with van der Waals surface area (Å²) in [4.78, 5) is 286. The quantitative estimate of drug-likeness (QED) is 0.00961. The van der Waals surface area contributed by atoms with Crippen LogP contribution in [0.4, 0.5) is 0 Å². The first-order valence-corrected chi connectivity index (χ1v) is 44.9. The highest BCUT2D eigenvalue weighted by Gasteiger charge is 2.41. The molecule has 0 aromatic heterocycles. The molecule has 8 unspecified atom stereocenters. The highest BCUT2D eigenvalue weighted by Crippen LogP contribution is 2.19. The van der Waals surface area contributed by atoms with Gasteiger partial charge in [0.15, 0.2) is 5.96 Å². The smallest absolute Gasteiger partial charge is 0.328 e. The maximum Gasteiger partial charge on any atom is 0.328 e. The molecule has 2 aromatic rings. The number of aliphatic hydroxyl groups excluding tert-OH is 3. The highest BCUT2D eigenvalue weighted by molar-refractivity contribution is 6.03. The lowest BCUT2D eigenvalue weighted by Gasteiger charge is -2.29. The van der Waals surface area contributed by atoms with Crippen LogP contribution >= 0.6 is 0 Å². The van der Waals surface area contributed by atoms with Crippen molar-refractivity contribution in [3.8, 4) is 11.5 Å². The fraction of sp³-hybridized carbons (Fsp3) is 0.595. The number of nitrogens with two attached hydrogens (primary N) is 7. The largest absolute Gasteiger partial charge is 0.508 e. The van der Waals surface area contributed by atoms with Crippen LogP contribution in [0.5, 0.6) is 11.5 Å². The fourth-order valence-corrected chi connectivity index (χ4v) is 13.5. The van der Waals surface area contributed by atoms with Crippen LogP contribution in [-0.2, 0) is 114 Å². The predicted octanol–water partition coefficient (Wildman–Crippen LogP) is -12.0. The van der Waals surface area contributed by atoms with Crippen LogP contribution in [0.3, 0.4) is 0 Å². The Kier molecular flexibility index (Phi) is 57.1. The third-order valence-electron chi connectivity index (χ3n) is 21.0. The number of rotatable bonds is 72. The van der Waals surface area contributed by atoms with Crippen LogP contribution in [0.15, 0.2) is 48.5 Å². The molecule has 782 valence electrons. The van der Waals surface area contributed by atoms with Crippen molar-refractivity contribution in [2.24, 2.45) is 46.2 Å². The van der Waals surface area contributed by atoms with Gasteiger partial charge in [0.2, 0.25) is 94.5 Å². The van der Waals surface area contributed by atoms with E-state index >= 15 is 0 Å². The number of nitrogens with one attached hydrogen (secondary N) is 18. The van der Waals surface area contributed by atoms with E-state index in [1.54, 1.807) is 13.8 Å². The summed E-state index contributed by atoms with van der Waals surface area (Å²) in [5, 5.41) is 144. The number of hydrogen-bond acceptors (Lipinski definition) is 33. The van der Waals surface area contributed by atoms with E-state index in [4.69, 9.17) is 45.7 Å². The van der Waals surface area contributed by atoms with E-state index in [9.17, 15) is 152 Å². The lowest BCUT2D eigenvalue weighted by atomic mass is 10.00. The summed E-state index contributed by atoms with van der Waals surface area (Å²) >= 11 is 0. The number of carboxylic acids is 5. The van der Waals surface area contributed by atoms with Crippen molar-refractivity contribution in [3.63, 3.8) is 0 Å². The topological polar surface area (TPSA) is 971 Å². The molecule has 0 saturated carbocycles. The molecule has 0 radical (unpaired) electrons. The number of phenolic OH excluding ortho intramolecular Hbond substituents is 2. The maximum absolute atomic E-state index is 14.7. The number of unbranched alkanes of at least 4 members (excludes halogenated alkanes) is 4. The summed E-state index contributed by atoms with van der Waals surface area (Å²) in [5.41, 5.74) is 36.6. The van der Waals surface area contributed by atoms with Crippen molar-refractivity contribution in [2.45, 2.75) is 258 Å². The molecule has 2 aromatic carbocycles. The van der Waals surface area contributed by atoms with Crippen molar-refractivity contribution >= 4 is 130 Å². The van der Waals surface area contributed by atoms with Crippen LogP contribution in [0.25, 0.3) is 0 Å². The Labute approximate surface area is 802 Å². The number of carbonyl (C=O) groups is 21. The molecule has 56 heteroatoms. The van der Waals surface area contributed by atoms with Crippen LogP contribution in [-0.4, -0.2) is 331 Å². The maximum atomic E-state index is 14.7. The molecule has 0 aliphatic rings. The second-order valence-electron chi connectivity index (χ2n) is 32.9. The third-order valence-corrected chi connectivity index (χ3v) is 21.0. The first-order valence-electron chi connectivity index (χ1n) is 44.9. The Morgan fingerprint density at radius 3 is 0.821 bits per heavy atom. The van der Waals surface area contributed by atoms with Crippen LogP contribution in [0.2, 0.25) is 0 Å². The van der Waals surface area contributed by atoms with Crippen molar-refractivity contribution in [2.75, 3.05) is 52.5 Å². The minimum absolute atomic E-state index is 0.0117. The predicted molar refractivity (Wildman–Crippen MR) is 490 cm³/mol. The van der Waals surface area contributed by atoms with Crippen LogP contribution in [0.1, 0.15) is 160 Å². The Morgan fingerprint density at radius 2 is 0.543 bits per heavy atom. The molecule has 2 rings (SSSR count). The van der Waals surface area contributed by atoms with Gasteiger partial charge in [0, 0.05) is 25.8 Å². The van der Waals surface area contributed by atoms with Crippen molar-refractivity contribution < 1.29 is 152 Å². The first kappa shape index (κ1) is 122.